The summed E-state index contributed by atoms with van der Waals surface area (Å²) in [6, 6.07) is 8.31. The molecule has 0 radical (unpaired) electrons. The van der Waals surface area contributed by atoms with E-state index in [1.807, 2.05) is 29.2 Å². The predicted molar refractivity (Wildman–Crippen MR) is 82.2 cm³/mol. The highest BCUT2D eigenvalue weighted by atomic mass is 16.2. The molecule has 1 saturated heterocycles. The van der Waals surface area contributed by atoms with Gasteiger partial charge in [-0.25, -0.2) is 0 Å². The van der Waals surface area contributed by atoms with Crippen molar-refractivity contribution in [3.8, 4) is 0 Å². The van der Waals surface area contributed by atoms with Gasteiger partial charge in [0.25, 0.3) is 0 Å². The zero-order valence-electron chi connectivity index (χ0n) is 12.8. The third-order valence-electron chi connectivity index (χ3n) is 5.01. The molecular formula is C18H23NO2. The van der Waals surface area contributed by atoms with Crippen molar-refractivity contribution in [3.05, 3.63) is 35.4 Å². The number of amides is 1. The van der Waals surface area contributed by atoms with E-state index >= 15 is 0 Å². The van der Waals surface area contributed by atoms with E-state index in [0.717, 1.165) is 24.0 Å². The summed E-state index contributed by atoms with van der Waals surface area (Å²) >= 11 is 0. The number of nitrogens with zero attached hydrogens (tertiary/aromatic N) is 1. The molecule has 21 heavy (non-hydrogen) atoms. The molecule has 1 heterocycles. The van der Waals surface area contributed by atoms with Gasteiger partial charge in [-0.15, -0.1) is 0 Å². The average Bonchev–Trinajstić information content (AvgIpc) is 2.47. The summed E-state index contributed by atoms with van der Waals surface area (Å²) in [5.74, 6) is 0.125. The second-order valence-electron chi connectivity index (χ2n) is 6.56. The van der Waals surface area contributed by atoms with Gasteiger partial charge in [-0.2, -0.15) is 0 Å². The first-order valence-corrected chi connectivity index (χ1v) is 8.01. The van der Waals surface area contributed by atoms with Crippen molar-refractivity contribution in [2.45, 2.75) is 58.0 Å². The van der Waals surface area contributed by atoms with Crippen LogP contribution in [0.25, 0.3) is 0 Å². The Labute approximate surface area is 126 Å². The molecule has 1 aliphatic carbocycles. The summed E-state index contributed by atoms with van der Waals surface area (Å²) in [4.78, 5) is 27.2. The molecule has 1 amide bonds. The van der Waals surface area contributed by atoms with Gasteiger partial charge in [0.2, 0.25) is 5.91 Å². The van der Waals surface area contributed by atoms with Crippen LogP contribution >= 0.6 is 0 Å². The Morgan fingerprint density at radius 3 is 2.48 bits per heavy atom. The lowest BCUT2D eigenvalue weighted by atomic mass is 9.81. The van der Waals surface area contributed by atoms with Crippen molar-refractivity contribution in [1.29, 1.82) is 0 Å². The van der Waals surface area contributed by atoms with E-state index in [1.54, 1.807) is 0 Å². The maximum absolute atomic E-state index is 12.9. The summed E-state index contributed by atoms with van der Waals surface area (Å²) in [6.45, 7) is 4.26. The highest BCUT2D eigenvalue weighted by molar-refractivity contribution is 6.01. The maximum Gasteiger partial charge on any atom is 0.226 e. The van der Waals surface area contributed by atoms with Crippen molar-refractivity contribution in [3.63, 3.8) is 0 Å². The van der Waals surface area contributed by atoms with Crippen LogP contribution in [0, 0.1) is 5.92 Å². The summed E-state index contributed by atoms with van der Waals surface area (Å²) in [7, 11) is 0. The number of Topliss-reactive ketones (excluding diaryl/α,β-unsaturated/α-hetero) is 1. The zero-order chi connectivity index (χ0) is 15.0. The topological polar surface area (TPSA) is 37.4 Å². The van der Waals surface area contributed by atoms with Gasteiger partial charge in [0.15, 0.2) is 5.78 Å². The van der Waals surface area contributed by atoms with Gasteiger partial charge >= 0.3 is 0 Å². The molecule has 112 valence electrons. The maximum atomic E-state index is 12.9. The Balaban J connectivity index is 1.82. The van der Waals surface area contributed by atoms with E-state index in [0.29, 0.717) is 24.9 Å². The molecule has 0 bridgehead atoms. The minimum atomic E-state index is -0.171. The molecule has 3 rings (SSSR count). The summed E-state index contributed by atoms with van der Waals surface area (Å²) in [5.41, 5.74) is 1.84. The van der Waals surface area contributed by atoms with Crippen molar-refractivity contribution < 1.29 is 9.59 Å². The molecule has 1 aliphatic heterocycles. The molecule has 3 nitrogen and oxygen atoms in total. The molecule has 0 N–H and O–H groups in total. The van der Waals surface area contributed by atoms with Crippen LogP contribution < -0.4 is 0 Å². The van der Waals surface area contributed by atoms with Crippen LogP contribution in [-0.2, 0) is 11.2 Å². The van der Waals surface area contributed by atoms with E-state index in [1.165, 1.54) is 6.42 Å². The van der Waals surface area contributed by atoms with Crippen molar-refractivity contribution in [2.24, 2.45) is 5.92 Å². The summed E-state index contributed by atoms with van der Waals surface area (Å²) < 4.78 is 0. The van der Waals surface area contributed by atoms with Gasteiger partial charge in [-0.1, -0.05) is 24.3 Å². The van der Waals surface area contributed by atoms with Gasteiger partial charge in [-0.05, 0) is 45.1 Å². The number of rotatable bonds is 1. The molecule has 3 heteroatoms. The first-order chi connectivity index (χ1) is 10.1. The zero-order valence-corrected chi connectivity index (χ0v) is 12.8. The molecule has 0 saturated carbocycles. The van der Waals surface area contributed by atoms with E-state index in [-0.39, 0.29) is 17.6 Å². The van der Waals surface area contributed by atoms with Crippen LogP contribution in [0.3, 0.4) is 0 Å². The highest BCUT2D eigenvalue weighted by Crippen LogP contribution is 2.30. The third kappa shape index (κ3) is 2.61. The SMILES string of the molecule is CC1CCCC(C)N1C(=O)C1CC(=O)c2ccccc2C1. The van der Waals surface area contributed by atoms with E-state index in [4.69, 9.17) is 0 Å². The predicted octanol–water partition coefficient (Wildman–Crippen LogP) is 3.22. The fourth-order valence-electron chi connectivity index (χ4n) is 3.88. The Hall–Kier alpha value is -1.64. The lowest BCUT2D eigenvalue weighted by Gasteiger charge is -2.41. The van der Waals surface area contributed by atoms with Crippen LogP contribution in [0.15, 0.2) is 24.3 Å². The third-order valence-corrected chi connectivity index (χ3v) is 5.01. The number of carbonyl (C=O) groups is 2. The summed E-state index contributed by atoms with van der Waals surface area (Å²) in [5, 5.41) is 0. The van der Waals surface area contributed by atoms with Crippen LogP contribution in [0.4, 0.5) is 0 Å². The Morgan fingerprint density at radius 2 is 1.76 bits per heavy atom. The second kappa shape index (κ2) is 5.63. The Kier molecular flexibility index (Phi) is 3.83. The number of fused-ring (bicyclic) bond motifs is 1. The fraction of sp³-hybridized carbons (Fsp3) is 0.556. The van der Waals surface area contributed by atoms with Crippen molar-refractivity contribution in [1.82, 2.24) is 4.90 Å². The minimum Gasteiger partial charge on any atom is -0.337 e. The molecule has 0 spiro atoms. The molecule has 0 aromatic heterocycles. The van der Waals surface area contributed by atoms with Crippen LogP contribution in [0.1, 0.15) is 55.5 Å². The van der Waals surface area contributed by atoms with E-state index in [2.05, 4.69) is 13.8 Å². The molecule has 1 aromatic rings. The number of piperidine rings is 1. The Morgan fingerprint density at radius 1 is 1.10 bits per heavy atom. The average molecular weight is 285 g/mol. The second-order valence-corrected chi connectivity index (χ2v) is 6.56. The lowest BCUT2D eigenvalue weighted by Crippen LogP contribution is -2.51. The minimum absolute atomic E-state index is 0.118. The lowest BCUT2D eigenvalue weighted by molar-refractivity contribution is -0.141. The van der Waals surface area contributed by atoms with E-state index < -0.39 is 0 Å². The van der Waals surface area contributed by atoms with Gasteiger partial charge in [-0.3, -0.25) is 9.59 Å². The molecule has 2 aliphatic rings. The van der Waals surface area contributed by atoms with Crippen molar-refractivity contribution >= 4 is 11.7 Å². The largest absolute Gasteiger partial charge is 0.337 e. The number of hydrogen-bond acceptors (Lipinski definition) is 2. The molecule has 3 atom stereocenters. The van der Waals surface area contributed by atoms with Gasteiger partial charge in [0.05, 0.1) is 0 Å². The van der Waals surface area contributed by atoms with Gasteiger partial charge < -0.3 is 4.90 Å². The normalized spacial score (nSPS) is 29.1. The van der Waals surface area contributed by atoms with Crippen LogP contribution in [0.2, 0.25) is 0 Å². The standard InChI is InChI=1S/C18H23NO2/c1-12-6-5-7-13(2)19(12)18(21)15-10-14-8-3-4-9-16(14)17(20)11-15/h3-4,8-9,12-13,15H,5-7,10-11H2,1-2H3. The van der Waals surface area contributed by atoms with Crippen LogP contribution in [0.5, 0.6) is 0 Å². The smallest absolute Gasteiger partial charge is 0.226 e. The molecular weight excluding hydrogens is 262 g/mol. The number of benzene rings is 1. The molecule has 3 unspecified atom stereocenters. The van der Waals surface area contributed by atoms with E-state index in [9.17, 15) is 9.59 Å². The number of hydrogen-bond donors (Lipinski definition) is 0. The van der Waals surface area contributed by atoms with Crippen molar-refractivity contribution in [2.75, 3.05) is 0 Å². The summed E-state index contributed by atoms with van der Waals surface area (Å²) in [6.07, 6.45) is 4.42. The first-order valence-electron chi connectivity index (χ1n) is 8.01. The number of ketones is 1. The first kappa shape index (κ1) is 14.3. The molecule has 1 fully saturated rings. The number of likely N-dealkylation sites (tertiary alicyclic amines) is 1. The molecule has 1 aromatic carbocycles. The number of carbonyl (C=O) groups excluding carboxylic acids is 2. The quantitative estimate of drug-likeness (QED) is 0.794. The monoisotopic (exact) mass is 285 g/mol. The Bertz CT molecular complexity index is 556. The highest BCUT2D eigenvalue weighted by Gasteiger charge is 2.36. The fourth-order valence-corrected chi connectivity index (χ4v) is 3.88. The van der Waals surface area contributed by atoms with Crippen LogP contribution in [-0.4, -0.2) is 28.7 Å². The van der Waals surface area contributed by atoms with Gasteiger partial charge in [0, 0.05) is 30.0 Å². The van der Waals surface area contributed by atoms with Gasteiger partial charge in [0.1, 0.15) is 0 Å².